The number of aliphatic carboxylic acids is 1. The summed E-state index contributed by atoms with van der Waals surface area (Å²) in [6.07, 6.45) is 2.40. The molecule has 1 aliphatic carbocycles. The Kier molecular flexibility index (Phi) is 3.56. The van der Waals surface area contributed by atoms with Gasteiger partial charge >= 0.3 is 5.97 Å². The Hall–Kier alpha value is -1.35. The number of benzene rings is 1. The van der Waals surface area contributed by atoms with E-state index in [0.717, 1.165) is 12.1 Å². The summed E-state index contributed by atoms with van der Waals surface area (Å²) in [5.74, 6) is -0.442. The molecule has 0 amide bonds. The molecule has 0 bridgehead atoms. The third-order valence-corrected chi connectivity index (χ3v) is 5.28. The highest BCUT2D eigenvalue weighted by atomic mass is 16.4. The van der Waals surface area contributed by atoms with Crippen LogP contribution in [0.1, 0.15) is 50.7 Å². The molecule has 1 aliphatic heterocycles. The smallest absolute Gasteiger partial charge is 0.312 e. The van der Waals surface area contributed by atoms with Crippen molar-refractivity contribution in [3.63, 3.8) is 0 Å². The quantitative estimate of drug-likeness (QED) is 0.905. The van der Waals surface area contributed by atoms with Crippen molar-refractivity contribution in [3.8, 4) is 0 Å². The van der Waals surface area contributed by atoms with Crippen LogP contribution in [-0.4, -0.2) is 28.6 Å². The van der Waals surface area contributed by atoms with Gasteiger partial charge in [-0.15, -0.1) is 0 Å². The van der Waals surface area contributed by atoms with Crippen LogP contribution in [0.2, 0.25) is 0 Å². The van der Waals surface area contributed by atoms with Gasteiger partial charge in [0.2, 0.25) is 0 Å². The standard InChI is InChI=1S/C18H25NO2/c1-12-8-18(2,3)9-16(12)19-10-13-6-4-5-7-14(13)15(11-19)17(20)21/h4-7,12,15-16H,8-11H2,1-3H3,(H,20,21). The average Bonchev–Trinajstić information content (AvgIpc) is 2.70. The van der Waals surface area contributed by atoms with Crippen LogP contribution in [0.15, 0.2) is 24.3 Å². The molecule has 1 fully saturated rings. The van der Waals surface area contributed by atoms with E-state index in [1.165, 1.54) is 18.4 Å². The number of carboxylic acids is 1. The third kappa shape index (κ3) is 2.71. The number of rotatable bonds is 2. The summed E-state index contributed by atoms with van der Waals surface area (Å²) in [4.78, 5) is 14.1. The van der Waals surface area contributed by atoms with E-state index in [1.54, 1.807) is 0 Å². The van der Waals surface area contributed by atoms with Crippen molar-refractivity contribution in [2.24, 2.45) is 11.3 Å². The van der Waals surface area contributed by atoms with Crippen molar-refractivity contribution in [1.29, 1.82) is 0 Å². The molecule has 1 aromatic rings. The molecule has 0 spiro atoms. The molecule has 1 saturated carbocycles. The molecule has 0 radical (unpaired) electrons. The summed E-state index contributed by atoms with van der Waals surface area (Å²) >= 11 is 0. The van der Waals surface area contributed by atoms with Gasteiger partial charge in [0.1, 0.15) is 0 Å². The Balaban J connectivity index is 1.89. The van der Waals surface area contributed by atoms with Crippen molar-refractivity contribution in [1.82, 2.24) is 4.90 Å². The first kappa shape index (κ1) is 14.6. The van der Waals surface area contributed by atoms with Gasteiger partial charge in [-0.25, -0.2) is 0 Å². The number of nitrogens with zero attached hydrogens (tertiary/aromatic N) is 1. The van der Waals surface area contributed by atoms with Crippen LogP contribution in [0, 0.1) is 11.3 Å². The first-order valence-electron chi connectivity index (χ1n) is 7.92. The largest absolute Gasteiger partial charge is 0.481 e. The lowest BCUT2D eigenvalue weighted by atomic mass is 9.87. The molecular formula is C18H25NO2. The van der Waals surface area contributed by atoms with Crippen LogP contribution in [0.5, 0.6) is 0 Å². The van der Waals surface area contributed by atoms with Gasteiger partial charge < -0.3 is 5.11 Å². The van der Waals surface area contributed by atoms with E-state index in [1.807, 2.05) is 18.2 Å². The molecule has 1 aromatic carbocycles. The zero-order valence-electron chi connectivity index (χ0n) is 13.2. The summed E-state index contributed by atoms with van der Waals surface area (Å²) in [5.41, 5.74) is 2.57. The Morgan fingerprint density at radius 3 is 2.62 bits per heavy atom. The molecule has 114 valence electrons. The van der Waals surface area contributed by atoms with Crippen LogP contribution < -0.4 is 0 Å². The summed E-state index contributed by atoms with van der Waals surface area (Å²) in [6.45, 7) is 8.52. The fourth-order valence-corrected chi connectivity index (χ4v) is 4.45. The molecule has 0 saturated heterocycles. The molecule has 3 unspecified atom stereocenters. The molecule has 3 rings (SSSR count). The molecule has 2 aliphatic rings. The van der Waals surface area contributed by atoms with Crippen LogP contribution in [0.25, 0.3) is 0 Å². The van der Waals surface area contributed by atoms with Crippen LogP contribution in [0.4, 0.5) is 0 Å². The van der Waals surface area contributed by atoms with Gasteiger partial charge in [-0.2, -0.15) is 0 Å². The van der Waals surface area contributed by atoms with Gasteiger partial charge in [0.25, 0.3) is 0 Å². The SMILES string of the molecule is CC1CC(C)(C)CC1N1Cc2ccccc2C(C(=O)O)C1. The molecule has 0 aromatic heterocycles. The monoisotopic (exact) mass is 287 g/mol. The predicted octanol–water partition coefficient (Wildman–Crippen LogP) is 3.50. The highest BCUT2D eigenvalue weighted by molar-refractivity contribution is 5.77. The van der Waals surface area contributed by atoms with Crippen LogP contribution in [-0.2, 0) is 11.3 Å². The summed E-state index contributed by atoms with van der Waals surface area (Å²) < 4.78 is 0. The van der Waals surface area contributed by atoms with Gasteiger partial charge in [0.05, 0.1) is 5.92 Å². The van der Waals surface area contributed by atoms with Crippen molar-refractivity contribution in [2.75, 3.05) is 6.54 Å². The molecule has 3 atom stereocenters. The maximum Gasteiger partial charge on any atom is 0.312 e. The highest BCUT2D eigenvalue weighted by Crippen LogP contribution is 2.45. The van der Waals surface area contributed by atoms with E-state index in [9.17, 15) is 9.90 Å². The fraction of sp³-hybridized carbons (Fsp3) is 0.611. The zero-order chi connectivity index (χ0) is 15.2. The van der Waals surface area contributed by atoms with Gasteiger partial charge in [-0.3, -0.25) is 9.69 Å². The number of carboxylic acid groups (broad SMARTS) is 1. The Morgan fingerprint density at radius 1 is 1.29 bits per heavy atom. The number of carbonyl (C=O) groups is 1. The Bertz CT molecular complexity index is 552. The lowest BCUT2D eigenvalue weighted by Crippen LogP contribution is -2.44. The minimum absolute atomic E-state index is 0.375. The van der Waals surface area contributed by atoms with Crippen molar-refractivity contribution < 1.29 is 9.90 Å². The maximum atomic E-state index is 11.7. The Labute approximate surface area is 127 Å². The second-order valence-corrected chi connectivity index (χ2v) is 7.64. The lowest BCUT2D eigenvalue weighted by molar-refractivity contribution is -0.139. The predicted molar refractivity (Wildman–Crippen MR) is 83.2 cm³/mol. The molecule has 21 heavy (non-hydrogen) atoms. The lowest BCUT2D eigenvalue weighted by Gasteiger charge is -2.38. The van der Waals surface area contributed by atoms with Gasteiger partial charge in [-0.1, -0.05) is 45.0 Å². The van der Waals surface area contributed by atoms with Crippen LogP contribution in [0.3, 0.4) is 0 Å². The number of hydrogen-bond donors (Lipinski definition) is 1. The van der Waals surface area contributed by atoms with Gasteiger partial charge in [0.15, 0.2) is 0 Å². The van der Waals surface area contributed by atoms with Crippen molar-refractivity contribution in [3.05, 3.63) is 35.4 Å². The second-order valence-electron chi connectivity index (χ2n) is 7.64. The number of fused-ring (bicyclic) bond motifs is 1. The highest BCUT2D eigenvalue weighted by Gasteiger charge is 2.42. The summed E-state index contributed by atoms with van der Waals surface area (Å²) in [7, 11) is 0. The van der Waals surface area contributed by atoms with E-state index < -0.39 is 5.97 Å². The van der Waals surface area contributed by atoms with Gasteiger partial charge in [-0.05, 0) is 35.3 Å². The molecule has 1 N–H and O–H groups in total. The molecule has 3 nitrogen and oxygen atoms in total. The van der Waals surface area contributed by atoms with E-state index in [-0.39, 0.29) is 5.92 Å². The molecule has 3 heteroatoms. The molecular weight excluding hydrogens is 262 g/mol. The normalized spacial score (nSPS) is 31.9. The van der Waals surface area contributed by atoms with E-state index in [0.29, 0.717) is 23.9 Å². The zero-order valence-corrected chi connectivity index (χ0v) is 13.2. The summed E-state index contributed by atoms with van der Waals surface area (Å²) in [6, 6.07) is 8.54. The fourth-order valence-electron chi connectivity index (χ4n) is 4.45. The third-order valence-electron chi connectivity index (χ3n) is 5.28. The van der Waals surface area contributed by atoms with Crippen molar-refractivity contribution in [2.45, 2.75) is 52.1 Å². The van der Waals surface area contributed by atoms with Gasteiger partial charge in [0, 0.05) is 19.1 Å². The van der Waals surface area contributed by atoms with Crippen LogP contribution >= 0.6 is 0 Å². The first-order chi connectivity index (χ1) is 9.87. The van der Waals surface area contributed by atoms with E-state index >= 15 is 0 Å². The first-order valence-corrected chi connectivity index (χ1v) is 7.92. The number of hydrogen-bond acceptors (Lipinski definition) is 2. The second kappa shape index (κ2) is 5.13. The van der Waals surface area contributed by atoms with E-state index in [2.05, 4.69) is 31.7 Å². The topological polar surface area (TPSA) is 40.5 Å². The minimum Gasteiger partial charge on any atom is -0.481 e. The Morgan fingerprint density at radius 2 is 2.00 bits per heavy atom. The maximum absolute atomic E-state index is 11.7. The molecule has 1 heterocycles. The van der Waals surface area contributed by atoms with Crippen molar-refractivity contribution >= 4 is 5.97 Å². The van der Waals surface area contributed by atoms with E-state index in [4.69, 9.17) is 0 Å². The minimum atomic E-state index is -0.697. The summed E-state index contributed by atoms with van der Waals surface area (Å²) in [5, 5.41) is 9.59. The average molecular weight is 287 g/mol.